The zero-order valence-electron chi connectivity index (χ0n) is 7.90. The lowest BCUT2D eigenvalue weighted by Gasteiger charge is -2.02. The normalized spacial score (nSPS) is 11.3. The predicted molar refractivity (Wildman–Crippen MR) is 53.5 cm³/mol. The molecule has 0 aliphatic rings. The molecule has 2 nitrogen and oxygen atoms in total. The van der Waals surface area contributed by atoms with Crippen LogP contribution in [0.25, 0.3) is 11.3 Å². The van der Waals surface area contributed by atoms with E-state index in [0.717, 1.165) is 16.8 Å². The Bertz CT molecular complexity index is 441. The fourth-order valence-electron chi connectivity index (χ4n) is 1.22. The smallest absolute Gasteiger partial charge is 0.0960 e. The Morgan fingerprint density at radius 2 is 2.31 bits per heavy atom. The zero-order chi connectivity index (χ0) is 9.97. The number of aromatic nitrogens is 1. The van der Waals surface area contributed by atoms with Crippen molar-refractivity contribution >= 4 is 11.3 Å². The molecule has 2 aromatic rings. The summed E-state index contributed by atoms with van der Waals surface area (Å²) in [5.74, 6) is 0. The minimum atomic E-state index is 0.00103. The number of thiazole rings is 1. The lowest BCUT2D eigenvalue weighted by Crippen LogP contribution is -1.88. The SMILES string of the molecule is [2H]c1nc(-c2ccccc2CO)cs1. The van der Waals surface area contributed by atoms with Crippen LogP contribution in [0.15, 0.2) is 35.1 Å². The van der Waals surface area contributed by atoms with Gasteiger partial charge in [0.1, 0.15) is 0 Å². The summed E-state index contributed by atoms with van der Waals surface area (Å²) in [4.78, 5) is 4.06. The maximum atomic E-state index is 9.12. The fraction of sp³-hybridized carbons (Fsp3) is 0.100. The van der Waals surface area contributed by atoms with E-state index in [0.29, 0.717) is 5.49 Å². The first-order valence-electron chi connectivity index (χ1n) is 4.42. The van der Waals surface area contributed by atoms with Crippen molar-refractivity contribution in [3.63, 3.8) is 0 Å². The number of hydrogen-bond acceptors (Lipinski definition) is 3. The van der Waals surface area contributed by atoms with Gasteiger partial charge in [-0.05, 0) is 5.56 Å². The molecule has 0 amide bonds. The van der Waals surface area contributed by atoms with E-state index in [1.54, 1.807) is 0 Å². The van der Waals surface area contributed by atoms with Crippen molar-refractivity contribution in [2.45, 2.75) is 6.61 Å². The first-order chi connectivity index (χ1) is 6.81. The standard InChI is InChI=1S/C10H9NOS/c12-5-8-3-1-2-4-9(8)10-6-13-7-11-10/h1-4,6-7,12H,5H2/i7D. The summed E-state index contributed by atoms with van der Waals surface area (Å²) < 4.78 is 7.34. The molecule has 1 aromatic carbocycles. The molecule has 0 radical (unpaired) electrons. The van der Waals surface area contributed by atoms with Crippen LogP contribution in [0.2, 0.25) is 0 Å². The van der Waals surface area contributed by atoms with Crippen molar-refractivity contribution in [2.75, 3.05) is 0 Å². The number of rotatable bonds is 2. The minimum Gasteiger partial charge on any atom is -0.392 e. The summed E-state index contributed by atoms with van der Waals surface area (Å²) in [5, 5.41) is 10.9. The molecule has 0 atom stereocenters. The highest BCUT2D eigenvalue weighted by Gasteiger charge is 2.03. The molecular formula is C10H9NOS. The first kappa shape index (κ1) is 7.24. The molecule has 1 heterocycles. The second kappa shape index (κ2) is 3.68. The molecule has 1 N–H and O–H groups in total. The van der Waals surface area contributed by atoms with Crippen LogP contribution in [-0.2, 0) is 6.61 Å². The largest absolute Gasteiger partial charge is 0.392 e. The van der Waals surface area contributed by atoms with E-state index in [-0.39, 0.29) is 6.61 Å². The number of hydrogen-bond donors (Lipinski definition) is 1. The van der Waals surface area contributed by atoms with Gasteiger partial charge in [-0.3, -0.25) is 0 Å². The van der Waals surface area contributed by atoms with Gasteiger partial charge < -0.3 is 5.11 Å². The average Bonchev–Trinajstić information content (AvgIpc) is 2.65. The average molecular weight is 192 g/mol. The Kier molecular flexibility index (Phi) is 2.05. The Hall–Kier alpha value is -1.19. The third-order valence-electron chi connectivity index (χ3n) is 1.85. The molecule has 66 valence electrons. The molecule has 13 heavy (non-hydrogen) atoms. The summed E-state index contributed by atoms with van der Waals surface area (Å²) in [6, 6.07) is 7.54. The molecule has 0 bridgehead atoms. The molecule has 0 unspecified atom stereocenters. The van der Waals surface area contributed by atoms with Crippen LogP contribution in [0, 0.1) is 0 Å². The van der Waals surface area contributed by atoms with Crippen LogP contribution in [0.5, 0.6) is 0 Å². The van der Waals surface area contributed by atoms with Crippen LogP contribution in [-0.4, -0.2) is 10.1 Å². The maximum absolute atomic E-state index is 9.12. The molecule has 0 aliphatic heterocycles. The summed E-state index contributed by atoms with van der Waals surface area (Å²) in [5.41, 5.74) is 2.82. The summed E-state index contributed by atoms with van der Waals surface area (Å²) in [7, 11) is 0. The topological polar surface area (TPSA) is 33.1 Å². The van der Waals surface area contributed by atoms with E-state index in [1.807, 2.05) is 29.6 Å². The Morgan fingerprint density at radius 3 is 3.00 bits per heavy atom. The Balaban J connectivity index is 2.50. The van der Waals surface area contributed by atoms with Crippen molar-refractivity contribution in [1.82, 2.24) is 4.98 Å². The van der Waals surface area contributed by atoms with E-state index in [2.05, 4.69) is 4.98 Å². The molecule has 1 aromatic heterocycles. The van der Waals surface area contributed by atoms with Gasteiger partial charge in [-0.15, -0.1) is 11.3 Å². The van der Waals surface area contributed by atoms with E-state index in [4.69, 9.17) is 6.48 Å². The van der Waals surface area contributed by atoms with Gasteiger partial charge in [-0.25, -0.2) is 4.98 Å². The molecule has 0 fully saturated rings. The van der Waals surface area contributed by atoms with Crippen LogP contribution in [0.3, 0.4) is 0 Å². The van der Waals surface area contributed by atoms with Gasteiger partial charge in [0.05, 0.1) is 19.2 Å². The van der Waals surface area contributed by atoms with Crippen LogP contribution in [0.1, 0.15) is 6.93 Å². The quantitative estimate of drug-likeness (QED) is 0.792. The van der Waals surface area contributed by atoms with E-state index >= 15 is 0 Å². The van der Waals surface area contributed by atoms with E-state index < -0.39 is 0 Å². The minimum absolute atomic E-state index is 0.00103. The lowest BCUT2D eigenvalue weighted by molar-refractivity contribution is 0.282. The molecule has 0 spiro atoms. The van der Waals surface area contributed by atoms with Gasteiger partial charge in [0.25, 0.3) is 0 Å². The summed E-state index contributed by atoms with van der Waals surface area (Å²) in [6.07, 6.45) is 0. The number of aliphatic hydroxyl groups is 1. The third kappa shape index (κ3) is 1.61. The van der Waals surface area contributed by atoms with Crippen molar-refractivity contribution in [3.8, 4) is 11.3 Å². The monoisotopic (exact) mass is 192 g/mol. The highest BCUT2D eigenvalue weighted by molar-refractivity contribution is 7.07. The van der Waals surface area contributed by atoms with Gasteiger partial charge in [0.2, 0.25) is 0 Å². The molecule has 2 rings (SSSR count). The van der Waals surface area contributed by atoms with Gasteiger partial charge >= 0.3 is 0 Å². The Labute approximate surface area is 81.9 Å². The second-order valence-electron chi connectivity index (χ2n) is 2.64. The fourth-order valence-corrected chi connectivity index (χ4v) is 1.71. The van der Waals surface area contributed by atoms with Crippen molar-refractivity contribution < 1.29 is 6.48 Å². The summed E-state index contributed by atoms with van der Waals surface area (Å²) in [6.45, 7) is 0.00103. The van der Waals surface area contributed by atoms with Crippen molar-refractivity contribution in [2.24, 2.45) is 0 Å². The Morgan fingerprint density at radius 1 is 1.46 bits per heavy atom. The molecule has 0 aliphatic carbocycles. The van der Waals surface area contributed by atoms with Gasteiger partial charge in [0, 0.05) is 10.9 Å². The van der Waals surface area contributed by atoms with Gasteiger partial charge in [-0.1, -0.05) is 24.3 Å². The zero-order valence-corrected chi connectivity index (χ0v) is 7.71. The lowest BCUT2D eigenvalue weighted by atomic mass is 10.1. The van der Waals surface area contributed by atoms with E-state index in [1.165, 1.54) is 11.3 Å². The van der Waals surface area contributed by atoms with E-state index in [9.17, 15) is 0 Å². The number of nitrogens with zero attached hydrogens (tertiary/aromatic N) is 1. The second-order valence-corrected chi connectivity index (χ2v) is 3.29. The molecule has 3 heteroatoms. The van der Waals surface area contributed by atoms with Crippen LogP contribution in [0.4, 0.5) is 0 Å². The predicted octanol–water partition coefficient (Wildman–Crippen LogP) is 2.30. The molecule has 0 saturated heterocycles. The van der Waals surface area contributed by atoms with Gasteiger partial charge in [-0.2, -0.15) is 0 Å². The van der Waals surface area contributed by atoms with Gasteiger partial charge in [0.15, 0.2) is 0 Å². The highest BCUT2D eigenvalue weighted by atomic mass is 32.1. The number of benzene rings is 1. The van der Waals surface area contributed by atoms with Crippen molar-refractivity contribution in [1.29, 1.82) is 0 Å². The number of aliphatic hydroxyl groups excluding tert-OH is 1. The highest BCUT2D eigenvalue weighted by Crippen LogP contribution is 2.22. The third-order valence-corrected chi connectivity index (χ3v) is 2.39. The van der Waals surface area contributed by atoms with Crippen molar-refractivity contribution in [3.05, 3.63) is 40.7 Å². The summed E-state index contributed by atoms with van der Waals surface area (Å²) >= 11 is 1.29. The molecule has 0 saturated carbocycles. The first-order valence-corrected chi connectivity index (χ1v) is 4.80. The molecular weight excluding hydrogens is 182 g/mol. The van der Waals surface area contributed by atoms with Crippen LogP contribution >= 0.6 is 11.3 Å². The maximum Gasteiger partial charge on any atom is 0.0960 e. The van der Waals surface area contributed by atoms with Crippen LogP contribution < -0.4 is 0 Å².